The first-order chi connectivity index (χ1) is 9.61. The number of nitrogens with zero attached hydrogens (tertiary/aromatic N) is 3. The number of nitro groups is 1. The van der Waals surface area contributed by atoms with Crippen molar-refractivity contribution in [1.82, 2.24) is 15.5 Å². The van der Waals surface area contributed by atoms with Crippen molar-refractivity contribution in [3.05, 3.63) is 52.4 Å². The molecule has 0 aliphatic heterocycles. The molecule has 2 rings (SSSR count). The van der Waals surface area contributed by atoms with Crippen molar-refractivity contribution in [1.29, 1.82) is 0 Å². The van der Waals surface area contributed by atoms with Gasteiger partial charge < -0.3 is 9.84 Å². The fraction of sp³-hybridized carbons (Fsp3) is 0.231. The normalized spacial score (nSPS) is 10.4. The second-order valence-corrected chi connectivity index (χ2v) is 4.19. The molecule has 1 aromatic carbocycles. The first kappa shape index (κ1) is 13.9. The molecule has 1 aromatic heterocycles. The van der Waals surface area contributed by atoms with E-state index in [1.54, 1.807) is 12.1 Å². The van der Waals surface area contributed by atoms with E-state index in [4.69, 9.17) is 4.52 Å². The van der Waals surface area contributed by atoms with Crippen molar-refractivity contribution < 1.29 is 9.45 Å². The molecule has 20 heavy (non-hydrogen) atoms. The minimum absolute atomic E-state index is 0.00160. The molecule has 0 fully saturated rings. The van der Waals surface area contributed by atoms with Crippen LogP contribution in [-0.4, -0.2) is 21.6 Å². The molecule has 0 saturated carbocycles. The van der Waals surface area contributed by atoms with Crippen LogP contribution in [0.1, 0.15) is 11.5 Å². The Morgan fingerprint density at radius 3 is 3.05 bits per heavy atom. The van der Waals surface area contributed by atoms with Crippen LogP contribution in [0.3, 0.4) is 0 Å². The Labute approximate surface area is 115 Å². The number of hydrogen-bond donors (Lipinski definition) is 1. The maximum Gasteiger partial charge on any atom is 0.270 e. The zero-order valence-electron chi connectivity index (χ0n) is 11.0. The van der Waals surface area contributed by atoms with E-state index in [1.165, 1.54) is 12.1 Å². The fourth-order valence-corrected chi connectivity index (χ4v) is 1.68. The van der Waals surface area contributed by atoms with Crippen molar-refractivity contribution in [3.63, 3.8) is 0 Å². The van der Waals surface area contributed by atoms with Crippen molar-refractivity contribution in [2.75, 3.05) is 6.54 Å². The monoisotopic (exact) mass is 274 g/mol. The fourth-order valence-electron chi connectivity index (χ4n) is 1.68. The van der Waals surface area contributed by atoms with Gasteiger partial charge in [0.15, 0.2) is 0 Å². The summed E-state index contributed by atoms with van der Waals surface area (Å²) in [6, 6.07) is 4.56. The van der Waals surface area contributed by atoms with Crippen LogP contribution in [0.25, 0.3) is 11.4 Å². The van der Waals surface area contributed by atoms with Crippen LogP contribution in [0, 0.1) is 17.0 Å². The van der Waals surface area contributed by atoms with Gasteiger partial charge in [-0.2, -0.15) is 4.98 Å². The van der Waals surface area contributed by atoms with Crippen LogP contribution >= 0.6 is 0 Å². The van der Waals surface area contributed by atoms with Crippen LogP contribution < -0.4 is 5.32 Å². The van der Waals surface area contributed by atoms with Crippen molar-refractivity contribution in [3.8, 4) is 11.4 Å². The van der Waals surface area contributed by atoms with Crippen LogP contribution in [-0.2, 0) is 6.54 Å². The van der Waals surface area contributed by atoms with E-state index >= 15 is 0 Å². The first-order valence-electron chi connectivity index (χ1n) is 6.01. The highest BCUT2D eigenvalue weighted by Gasteiger charge is 2.15. The Bertz CT molecular complexity index is 636. The maximum atomic E-state index is 10.8. The summed E-state index contributed by atoms with van der Waals surface area (Å²) in [4.78, 5) is 14.6. The summed E-state index contributed by atoms with van der Waals surface area (Å²) in [5, 5.41) is 17.7. The predicted molar refractivity (Wildman–Crippen MR) is 73.0 cm³/mol. The summed E-state index contributed by atoms with van der Waals surface area (Å²) >= 11 is 0. The molecule has 7 nitrogen and oxygen atoms in total. The highest BCUT2D eigenvalue weighted by atomic mass is 16.6. The summed E-state index contributed by atoms with van der Waals surface area (Å²) in [5.41, 5.74) is 1.45. The third kappa shape index (κ3) is 3.07. The van der Waals surface area contributed by atoms with E-state index in [1.807, 2.05) is 6.92 Å². The van der Waals surface area contributed by atoms with Crippen LogP contribution in [0.15, 0.2) is 35.4 Å². The summed E-state index contributed by atoms with van der Waals surface area (Å²) in [6.07, 6.45) is 1.72. The third-order valence-electron chi connectivity index (χ3n) is 2.71. The SMILES string of the molecule is C=CCNCc1nc(-c2cc([N+](=O)[O-])ccc2C)no1. The van der Waals surface area contributed by atoms with Crippen LogP contribution in [0.5, 0.6) is 0 Å². The smallest absolute Gasteiger partial charge is 0.270 e. The van der Waals surface area contributed by atoms with E-state index in [9.17, 15) is 10.1 Å². The van der Waals surface area contributed by atoms with Gasteiger partial charge in [-0.25, -0.2) is 0 Å². The Hall–Kier alpha value is -2.54. The Morgan fingerprint density at radius 1 is 1.55 bits per heavy atom. The lowest BCUT2D eigenvalue weighted by molar-refractivity contribution is -0.384. The summed E-state index contributed by atoms with van der Waals surface area (Å²) in [5.74, 6) is 0.773. The van der Waals surface area contributed by atoms with E-state index in [0.29, 0.717) is 30.4 Å². The molecular weight excluding hydrogens is 260 g/mol. The van der Waals surface area contributed by atoms with Crippen LogP contribution in [0.2, 0.25) is 0 Å². The standard InChI is InChI=1S/C13H14N4O3/c1-3-6-14-8-12-15-13(16-20-12)11-7-10(17(18)19)5-4-9(11)2/h3-5,7,14H,1,6,8H2,2H3. The van der Waals surface area contributed by atoms with Gasteiger partial charge in [0.25, 0.3) is 5.69 Å². The van der Waals surface area contributed by atoms with Gasteiger partial charge in [-0.3, -0.25) is 10.1 Å². The number of hydrogen-bond acceptors (Lipinski definition) is 6. The molecule has 1 N–H and O–H groups in total. The molecule has 0 atom stereocenters. The lowest BCUT2D eigenvalue weighted by atomic mass is 10.1. The molecule has 0 unspecified atom stereocenters. The summed E-state index contributed by atoms with van der Waals surface area (Å²) in [7, 11) is 0. The number of non-ortho nitro benzene ring substituents is 1. The van der Waals surface area contributed by atoms with Gasteiger partial charge in [0.05, 0.1) is 11.5 Å². The van der Waals surface area contributed by atoms with E-state index in [0.717, 1.165) is 5.56 Å². The Balaban J connectivity index is 2.25. The molecular formula is C13H14N4O3. The summed E-state index contributed by atoms with van der Waals surface area (Å²) < 4.78 is 5.09. The van der Waals surface area contributed by atoms with Gasteiger partial charge in [-0.1, -0.05) is 17.3 Å². The second-order valence-electron chi connectivity index (χ2n) is 4.19. The van der Waals surface area contributed by atoms with Gasteiger partial charge in [-0.15, -0.1) is 6.58 Å². The maximum absolute atomic E-state index is 10.8. The van der Waals surface area contributed by atoms with Crippen LogP contribution in [0.4, 0.5) is 5.69 Å². The van der Waals surface area contributed by atoms with Crippen molar-refractivity contribution in [2.45, 2.75) is 13.5 Å². The molecule has 0 saturated heterocycles. The number of aryl methyl sites for hydroxylation is 1. The first-order valence-corrected chi connectivity index (χ1v) is 6.01. The number of aromatic nitrogens is 2. The number of benzene rings is 1. The van der Waals surface area contributed by atoms with Gasteiger partial charge in [0, 0.05) is 24.2 Å². The molecule has 0 aliphatic carbocycles. The summed E-state index contributed by atoms with van der Waals surface area (Å²) in [6.45, 7) is 6.48. The van der Waals surface area contributed by atoms with Gasteiger partial charge in [0.1, 0.15) is 0 Å². The van der Waals surface area contributed by atoms with E-state index in [-0.39, 0.29) is 5.69 Å². The molecule has 2 aromatic rings. The largest absolute Gasteiger partial charge is 0.338 e. The minimum Gasteiger partial charge on any atom is -0.338 e. The minimum atomic E-state index is -0.449. The highest BCUT2D eigenvalue weighted by Crippen LogP contribution is 2.25. The van der Waals surface area contributed by atoms with Gasteiger partial charge in [-0.05, 0) is 12.5 Å². The molecule has 1 heterocycles. The lowest BCUT2D eigenvalue weighted by Gasteiger charge is -2.00. The molecule has 0 amide bonds. The van der Waals surface area contributed by atoms with Crippen molar-refractivity contribution in [2.24, 2.45) is 0 Å². The number of rotatable bonds is 6. The topological polar surface area (TPSA) is 94.1 Å². The predicted octanol–water partition coefficient (Wildman–Crippen LogP) is 2.23. The van der Waals surface area contributed by atoms with Gasteiger partial charge >= 0.3 is 0 Å². The number of nitrogens with one attached hydrogen (secondary N) is 1. The average Bonchev–Trinajstić information content (AvgIpc) is 2.88. The van der Waals surface area contributed by atoms with Crippen molar-refractivity contribution >= 4 is 5.69 Å². The molecule has 104 valence electrons. The number of nitro benzene ring substituents is 1. The molecule has 0 radical (unpaired) electrons. The molecule has 0 bridgehead atoms. The zero-order chi connectivity index (χ0) is 14.5. The highest BCUT2D eigenvalue weighted by molar-refractivity contribution is 5.63. The molecule has 0 spiro atoms. The second kappa shape index (κ2) is 6.07. The van der Waals surface area contributed by atoms with E-state index < -0.39 is 4.92 Å². The third-order valence-corrected chi connectivity index (χ3v) is 2.71. The average molecular weight is 274 g/mol. The Morgan fingerprint density at radius 2 is 2.35 bits per heavy atom. The molecule has 0 aliphatic rings. The molecule has 7 heteroatoms. The van der Waals surface area contributed by atoms with Gasteiger partial charge in [0.2, 0.25) is 11.7 Å². The zero-order valence-corrected chi connectivity index (χ0v) is 11.0. The quantitative estimate of drug-likeness (QED) is 0.375. The lowest BCUT2D eigenvalue weighted by Crippen LogP contribution is -2.12. The Kier molecular flexibility index (Phi) is 4.21. The van der Waals surface area contributed by atoms with E-state index in [2.05, 4.69) is 22.0 Å².